The molecule has 0 saturated carbocycles. The maximum atomic E-state index is 12.0. The molecule has 21 heavy (non-hydrogen) atoms. The maximum Gasteiger partial charge on any atom is 0.338 e. The van der Waals surface area contributed by atoms with Crippen molar-refractivity contribution in [2.75, 3.05) is 11.9 Å². The highest BCUT2D eigenvalue weighted by atomic mass is 79.9. The van der Waals surface area contributed by atoms with Crippen LogP contribution in [0.5, 0.6) is 0 Å². The van der Waals surface area contributed by atoms with E-state index in [1.54, 1.807) is 6.07 Å². The fourth-order valence-electron chi connectivity index (χ4n) is 2.16. The molecular weight excluding hydrogens is 330 g/mol. The number of hydrogen-bond donors (Lipinski definition) is 1. The van der Waals surface area contributed by atoms with Gasteiger partial charge in [0.1, 0.15) is 0 Å². The molecule has 3 nitrogen and oxygen atoms in total. The number of ether oxygens (including phenoxy) is 1. The molecule has 1 unspecified atom stereocenters. The second-order valence-electron chi connectivity index (χ2n) is 4.65. The standard InChI is InChI=1S/C17H18BrNO2/c1-3-21-17(20)14-9-5-4-8-13(14)12(2)19-16-11-7-6-10-15(16)18/h4-12,19H,3H2,1-2H3. The Labute approximate surface area is 133 Å². The molecule has 0 aliphatic carbocycles. The lowest BCUT2D eigenvalue weighted by atomic mass is 10.0. The second-order valence-corrected chi connectivity index (χ2v) is 5.51. The average Bonchev–Trinajstić information content (AvgIpc) is 2.50. The summed E-state index contributed by atoms with van der Waals surface area (Å²) in [6, 6.07) is 15.4. The van der Waals surface area contributed by atoms with E-state index in [0.717, 1.165) is 15.7 Å². The zero-order valence-electron chi connectivity index (χ0n) is 12.1. The van der Waals surface area contributed by atoms with Crippen LogP contribution in [0.1, 0.15) is 35.8 Å². The summed E-state index contributed by atoms with van der Waals surface area (Å²) >= 11 is 3.52. The lowest BCUT2D eigenvalue weighted by molar-refractivity contribution is 0.0524. The lowest BCUT2D eigenvalue weighted by Crippen LogP contribution is -2.14. The van der Waals surface area contributed by atoms with Gasteiger partial charge in [-0.15, -0.1) is 0 Å². The molecule has 0 radical (unpaired) electrons. The third-order valence-electron chi connectivity index (χ3n) is 3.17. The van der Waals surface area contributed by atoms with Crippen molar-refractivity contribution < 1.29 is 9.53 Å². The topological polar surface area (TPSA) is 38.3 Å². The predicted octanol–water partition coefficient (Wildman–Crippen LogP) is 4.80. The van der Waals surface area contributed by atoms with E-state index in [4.69, 9.17) is 4.74 Å². The van der Waals surface area contributed by atoms with Crippen molar-refractivity contribution >= 4 is 27.6 Å². The van der Waals surface area contributed by atoms with E-state index in [0.29, 0.717) is 12.2 Å². The fourth-order valence-corrected chi connectivity index (χ4v) is 2.56. The van der Waals surface area contributed by atoms with Crippen LogP contribution >= 0.6 is 15.9 Å². The number of hydrogen-bond acceptors (Lipinski definition) is 3. The molecule has 2 aromatic rings. The van der Waals surface area contributed by atoms with Crippen LogP contribution < -0.4 is 5.32 Å². The molecule has 4 heteroatoms. The quantitative estimate of drug-likeness (QED) is 0.789. The Balaban J connectivity index is 2.25. The molecule has 1 atom stereocenters. The summed E-state index contributed by atoms with van der Waals surface area (Å²) < 4.78 is 6.11. The molecule has 0 amide bonds. The van der Waals surface area contributed by atoms with Crippen LogP contribution in [-0.2, 0) is 4.74 Å². The molecule has 0 heterocycles. The summed E-state index contributed by atoms with van der Waals surface area (Å²) in [6.45, 7) is 4.21. The first-order chi connectivity index (χ1) is 10.1. The van der Waals surface area contributed by atoms with Gasteiger partial charge in [-0.05, 0) is 53.5 Å². The average molecular weight is 348 g/mol. The molecule has 110 valence electrons. The van der Waals surface area contributed by atoms with E-state index in [1.807, 2.05) is 56.3 Å². The minimum atomic E-state index is -0.283. The van der Waals surface area contributed by atoms with Crippen LogP contribution in [-0.4, -0.2) is 12.6 Å². The first-order valence-electron chi connectivity index (χ1n) is 6.90. The van der Waals surface area contributed by atoms with Gasteiger partial charge < -0.3 is 10.1 Å². The van der Waals surface area contributed by atoms with Crippen LogP contribution in [0.4, 0.5) is 5.69 Å². The van der Waals surface area contributed by atoms with Crippen LogP contribution in [0.25, 0.3) is 0 Å². The van der Waals surface area contributed by atoms with Crippen molar-refractivity contribution in [2.45, 2.75) is 19.9 Å². The first kappa shape index (κ1) is 15.6. The maximum absolute atomic E-state index is 12.0. The Morgan fingerprint density at radius 1 is 1.19 bits per heavy atom. The Morgan fingerprint density at radius 3 is 2.57 bits per heavy atom. The third kappa shape index (κ3) is 3.85. The smallest absolute Gasteiger partial charge is 0.338 e. The van der Waals surface area contributed by atoms with E-state index in [2.05, 4.69) is 21.2 Å². The van der Waals surface area contributed by atoms with Crippen molar-refractivity contribution in [3.63, 3.8) is 0 Å². The van der Waals surface area contributed by atoms with Gasteiger partial charge in [-0.3, -0.25) is 0 Å². The Bertz CT molecular complexity index is 628. The molecule has 0 aromatic heterocycles. The SMILES string of the molecule is CCOC(=O)c1ccccc1C(C)Nc1ccccc1Br. The minimum absolute atomic E-state index is 0.00990. The van der Waals surface area contributed by atoms with Crippen molar-refractivity contribution in [3.8, 4) is 0 Å². The van der Waals surface area contributed by atoms with Crippen molar-refractivity contribution in [2.24, 2.45) is 0 Å². The number of para-hydroxylation sites is 1. The number of halogens is 1. The van der Waals surface area contributed by atoms with Crippen LogP contribution in [0.2, 0.25) is 0 Å². The van der Waals surface area contributed by atoms with Gasteiger partial charge in [0.2, 0.25) is 0 Å². The Hall–Kier alpha value is -1.81. The molecule has 2 aromatic carbocycles. The van der Waals surface area contributed by atoms with Gasteiger partial charge in [0.25, 0.3) is 0 Å². The highest BCUT2D eigenvalue weighted by molar-refractivity contribution is 9.10. The lowest BCUT2D eigenvalue weighted by Gasteiger charge is -2.19. The monoisotopic (exact) mass is 347 g/mol. The number of carbonyl (C=O) groups is 1. The van der Waals surface area contributed by atoms with E-state index >= 15 is 0 Å². The number of nitrogens with one attached hydrogen (secondary N) is 1. The normalized spacial score (nSPS) is 11.8. The van der Waals surface area contributed by atoms with Gasteiger partial charge in [-0.25, -0.2) is 4.79 Å². The van der Waals surface area contributed by atoms with E-state index < -0.39 is 0 Å². The third-order valence-corrected chi connectivity index (χ3v) is 3.86. The minimum Gasteiger partial charge on any atom is -0.462 e. The molecule has 0 spiro atoms. The number of esters is 1. The van der Waals surface area contributed by atoms with Gasteiger partial charge in [0.05, 0.1) is 12.2 Å². The largest absolute Gasteiger partial charge is 0.462 e. The summed E-state index contributed by atoms with van der Waals surface area (Å²) in [5, 5.41) is 3.41. The molecule has 1 N–H and O–H groups in total. The first-order valence-corrected chi connectivity index (χ1v) is 7.70. The number of anilines is 1. The van der Waals surface area contributed by atoms with E-state index in [9.17, 15) is 4.79 Å². The molecule has 2 rings (SSSR count). The van der Waals surface area contributed by atoms with Gasteiger partial charge in [-0.2, -0.15) is 0 Å². The second kappa shape index (κ2) is 7.27. The molecule has 0 aliphatic rings. The van der Waals surface area contributed by atoms with Gasteiger partial charge in [0.15, 0.2) is 0 Å². The van der Waals surface area contributed by atoms with Gasteiger partial charge in [0, 0.05) is 16.2 Å². The van der Waals surface area contributed by atoms with Crippen molar-refractivity contribution in [1.82, 2.24) is 0 Å². The van der Waals surface area contributed by atoms with Crippen LogP contribution in [0, 0.1) is 0 Å². The predicted molar refractivity (Wildman–Crippen MR) is 88.6 cm³/mol. The summed E-state index contributed by atoms with van der Waals surface area (Å²) in [5.41, 5.74) is 2.52. The number of carbonyl (C=O) groups excluding carboxylic acids is 1. The van der Waals surface area contributed by atoms with E-state index in [1.165, 1.54) is 0 Å². The highest BCUT2D eigenvalue weighted by Gasteiger charge is 2.16. The summed E-state index contributed by atoms with van der Waals surface area (Å²) in [4.78, 5) is 12.0. The Morgan fingerprint density at radius 2 is 1.86 bits per heavy atom. The summed E-state index contributed by atoms with van der Waals surface area (Å²) in [5.74, 6) is -0.283. The van der Waals surface area contributed by atoms with Gasteiger partial charge in [-0.1, -0.05) is 30.3 Å². The van der Waals surface area contributed by atoms with Crippen LogP contribution in [0.15, 0.2) is 53.0 Å². The summed E-state index contributed by atoms with van der Waals surface area (Å²) in [7, 11) is 0. The van der Waals surface area contributed by atoms with E-state index in [-0.39, 0.29) is 12.0 Å². The van der Waals surface area contributed by atoms with Crippen LogP contribution in [0.3, 0.4) is 0 Å². The molecular formula is C17H18BrNO2. The fraction of sp³-hybridized carbons (Fsp3) is 0.235. The zero-order chi connectivity index (χ0) is 15.2. The zero-order valence-corrected chi connectivity index (χ0v) is 13.7. The summed E-state index contributed by atoms with van der Waals surface area (Å²) in [6.07, 6.45) is 0. The number of rotatable bonds is 5. The molecule has 0 fully saturated rings. The van der Waals surface area contributed by atoms with Crippen molar-refractivity contribution in [1.29, 1.82) is 0 Å². The molecule has 0 saturated heterocycles. The highest BCUT2D eigenvalue weighted by Crippen LogP contribution is 2.27. The number of benzene rings is 2. The molecule has 0 aliphatic heterocycles. The Kier molecular flexibility index (Phi) is 5.39. The van der Waals surface area contributed by atoms with Gasteiger partial charge >= 0.3 is 5.97 Å². The molecule has 0 bridgehead atoms. The van der Waals surface area contributed by atoms with Crippen molar-refractivity contribution in [3.05, 3.63) is 64.1 Å².